The summed E-state index contributed by atoms with van der Waals surface area (Å²) in [5.74, 6) is 1.73. The zero-order valence-corrected chi connectivity index (χ0v) is 9.25. The zero-order valence-electron chi connectivity index (χ0n) is 9.25. The number of hydrogen-bond donors (Lipinski definition) is 1. The van der Waals surface area contributed by atoms with E-state index in [0.29, 0.717) is 6.04 Å². The predicted molar refractivity (Wildman–Crippen MR) is 59.5 cm³/mol. The number of methoxy groups -OCH3 is 1. The SMILES string of the molecule is CNC1CCCOc2c(OC)cccc21. The molecule has 0 bridgehead atoms. The van der Waals surface area contributed by atoms with E-state index in [4.69, 9.17) is 9.47 Å². The summed E-state index contributed by atoms with van der Waals surface area (Å²) in [5, 5.41) is 3.32. The Balaban J connectivity index is 2.44. The van der Waals surface area contributed by atoms with Gasteiger partial charge in [0.15, 0.2) is 11.5 Å². The van der Waals surface area contributed by atoms with Crippen LogP contribution in [0.4, 0.5) is 0 Å². The van der Waals surface area contributed by atoms with Gasteiger partial charge in [-0.3, -0.25) is 0 Å². The highest BCUT2D eigenvalue weighted by Crippen LogP contribution is 2.38. The van der Waals surface area contributed by atoms with E-state index in [-0.39, 0.29) is 0 Å². The number of para-hydroxylation sites is 1. The van der Waals surface area contributed by atoms with Gasteiger partial charge >= 0.3 is 0 Å². The molecule has 2 rings (SSSR count). The van der Waals surface area contributed by atoms with Gasteiger partial charge in [0.05, 0.1) is 13.7 Å². The molecule has 1 aliphatic rings. The number of ether oxygens (including phenoxy) is 2. The zero-order chi connectivity index (χ0) is 10.7. The Morgan fingerprint density at radius 1 is 1.47 bits per heavy atom. The highest BCUT2D eigenvalue weighted by atomic mass is 16.5. The van der Waals surface area contributed by atoms with Crippen LogP contribution in [0.25, 0.3) is 0 Å². The fourth-order valence-electron chi connectivity index (χ4n) is 2.04. The predicted octanol–water partition coefficient (Wildman–Crippen LogP) is 2.13. The summed E-state index contributed by atoms with van der Waals surface area (Å²) >= 11 is 0. The van der Waals surface area contributed by atoms with Gasteiger partial charge in [-0.05, 0) is 26.0 Å². The van der Waals surface area contributed by atoms with Gasteiger partial charge in [-0.15, -0.1) is 0 Å². The Hall–Kier alpha value is -1.22. The summed E-state index contributed by atoms with van der Waals surface area (Å²) < 4.78 is 11.0. The third-order valence-electron chi connectivity index (χ3n) is 2.84. The minimum absolute atomic E-state index is 0.373. The van der Waals surface area contributed by atoms with Crippen LogP contribution in [0.15, 0.2) is 18.2 Å². The van der Waals surface area contributed by atoms with E-state index in [9.17, 15) is 0 Å². The third kappa shape index (κ3) is 1.92. The van der Waals surface area contributed by atoms with Crippen molar-refractivity contribution in [3.8, 4) is 11.5 Å². The second-order valence-corrected chi connectivity index (χ2v) is 3.71. The van der Waals surface area contributed by atoms with Gasteiger partial charge in [0, 0.05) is 11.6 Å². The van der Waals surface area contributed by atoms with E-state index in [0.717, 1.165) is 30.9 Å². The Labute approximate surface area is 90.4 Å². The lowest BCUT2D eigenvalue weighted by molar-refractivity contribution is 0.294. The minimum Gasteiger partial charge on any atom is -0.493 e. The molecule has 1 heterocycles. The van der Waals surface area contributed by atoms with Crippen molar-refractivity contribution in [1.82, 2.24) is 5.32 Å². The second-order valence-electron chi connectivity index (χ2n) is 3.71. The average molecular weight is 207 g/mol. The van der Waals surface area contributed by atoms with Crippen LogP contribution in [0.5, 0.6) is 11.5 Å². The van der Waals surface area contributed by atoms with Crippen LogP contribution < -0.4 is 14.8 Å². The molecule has 0 spiro atoms. The quantitative estimate of drug-likeness (QED) is 0.805. The molecule has 1 N–H and O–H groups in total. The van der Waals surface area contributed by atoms with Crippen LogP contribution in [0, 0.1) is 0 Å². The van der Waals surface area contributed by atoms with E-state index in [1.54, 1.807) is 7.11 Å². The lowest BCUT2D eigenvalue weighted by Gasteiger charge is -2.17. The third-order valence-corrected chi connectivity index (χ3v) is 2.84. The number of fused-ring (bicyclic) bond motifs is 1. The van der Waals surface area contributed by atoms with Crippen LogP contribution in [-0.4, -0.2) is 20.8 Å². The molecule has 0 aromatic heterocycles. The van der Waals surface area contributed by atoms with E-state index in [1.807, 2.05) is 19.2 Å². The monoisotopic (exact) mass is 207 g/mol. The number of nitrogens with one attached hydrogen (secondary N) is 1. The van der Waals surface area contributed by atoms with Gasteiger partial charge in [-0.25, -0.2) is 0 Å². The summed E-state index contributed by atoms with van der Waals surface area (Å²) in [6, 6.07) is 6.43. The normalized spacial score (nSPS) is 20.0. The summed E-state index contributed by atoms with van der Waals surface area (Å²) in [7, 11) is 3.66. The van der Waals surface area contributed by atoms with Gasteiger partial charge in [-0.1, -0.05) is 12.1 Å². The van der Waals surface area contributed by atoms with Crippen LogP contribution in [0.2, 0.25) is 0 Å². The van der Waals surface area contributed by atoms with E-state index in [1.165, 1.54) is 5.56 Å². The Morgan fingerprint density at radius 2 is 2.33 bits per heavy atom. The number of hydrogen-bond acceptors (Lipinski definition) is 3. The molecule has 3 heteroatoms. The highest BCUT2D eigenvalue weighted by molar-refractivity contribution is 5.48. The molecule has 0 saturated carbocycles. The molecular weight excluding hydrogens is 190 g/mol. The fraction of sp³-hybridized carbons (Fsp3) is 0.500. The molecule has 0 fully saturated rings. The van der Waals surface area contributed by atoms with Crippen LogP contribution in [0.3, 0.4) is 0 Å². The summed E-state index contributed by atoms with van der Waals surface area (Å²) in [5.41, 5.74) is 1.20. The summed E-state index contributed by atoms with van der Waals surface area (Å²) in [6.07, 6.45) is 2.18. The van der Waals surface area contributed by atoms with Crippen molar-refractivity contribution in [2.24, 2.45) is 0 Å². The molecule has 1 unspecified atom stereocenters. The van der Waals surface area contributed by atoms with Gasteiger partial charge in [0.2, 0.25) is 0 Å². The van der Waals surface area contributed by atoms with Crippen LogP contribution >= 0.6 is 0 Å². The Kier molecular flexibility index (Phi) is 3.11. The van der Waals surface area contributed by atoms with Crippen molar-refractivity contribution in [3.63, 3.8) is 0 Å². The van der Waals surface area contributed by atoms with Gasteiger partial charge in [-0.2, -0.15) is 0 Å². The molecule has 0 saturated heterocycles. The van der Waals surface area contributed by atoms with Gasteiger partial charge in [0.1, 0.15) is 0 Å². The van der Waals surface area contributed by atoms with E-state index in [2.05, 4.69) is 11.4 Å². The molecule has 1 atom stereocenters. The molecule has 82 valence electrons. The first-order valence-corrected chi connectivity index (χ1v) is 5.33. The lowest BCUT2D eigenvalue weighted by Crippen LogP contribution is -2.15. The smallest absolute Gasteiger partial charge is 0.165 e. The summed E-state index contributed by atoms with van der Waals surface area (Å²) in [6.45, 7) is 0.769. The standard InChI is InChI=1S/C12H17NO2/c1-13-10-6-4-8-15-12-9(10)5-3-7-11(12)14-2/h3,5,7,10,13H,4,6,8H2,1-2H3. The molecule has 1 aliphatic heterocycles. The average Bonchev–Trinajstić information content (AvgIpc) is 2.50. The Morgan fingerprint density at radius 3 is 3.07 bits per heavy atom. The number of rotatable bonds is 2. The first-order chi connectivity index (χ1) is 7.36. The van der Waals surface area contributed by atoms with Gasteiger partial charge < -0.3 is 14.8 Å². The van der Waals surface area contributed by atoms with Crippen molar-refractivity contribution in [3.05, 3.63) is 23.8 Å². The van der Waals surface area contributed by atoms with Crippen molar-refractivity contribution < 1.29 is 9.47 Å². The minimum atomic E-state index is 0.373. The van der Waals surface area contributed by atoms with Crippen LogP contribution in [-0.2, 0) is 0 Å². The largest absolute Gasteiger partial charge is 0.493 e. The topological polar surface area (TPSA) is 30.5 Å². The van der Waals surface area contributed by atoms with E-state index >= 15 is 0 Å². The maximum atomic E-state index is 5.74. The van der Waals surface area contributed by atoms with Crippen molar-refractivity contribution in [1.29, 1.82) is 0 Å². The molecule has 3 nitrogen and oxygen atoms in total. The maximum absolute atomic E-state index is 5.74. The van der Waals surface area contributed by atoms with Crippen molar-refractivity contribution >= 4 is 0 Å². The highest BCUT2D eigenvalue weighted by Gasteiger charge is 2.20. The molecule has 0 aliphatic carbocycles. The second kappa shape index (κ2) is 4.53. The molecule has 1 aromatic rings. The molecule has 15 heavy (non-hydrogen) atoms. The van der Waals surface area contributed by atoms with Crippen molar-refractivity contribution in [2.75, 3.05) is 20.8 Å². The Bertz CT molecular complexity index is 338. The maximum Gasteiger partial charge on any atom is 0.165 e. The van der Waals surface area contributed by atoms with Crippen molar-refractivity contribution in [2.45, 2.75) is 18.9 Å². The molecular formula is C12H17NO2. The first kappa shape index (κ1) is 10.3. The lowest BCUT2D eigenvalue weighted by atomic mass is 10.0. The first-order valence-electron chi connectivity index (χ1n) is 5.33. The number of benzene rings is 1. The molecule has 1 aromatic carbocycles. The van der Waals surface area contributed by atoms with Gasteiger partial charge in [0.25, 0.3) is 0 Å². The molecule has 0 amide bonds. The summed E-state index contributed by atoms with van der Waals surface area (Å²) in [4.78, 5) is 0. The fourth-order valence-corrected chi connectivity index (χ4v) is 2.04. The van der Waals surface area contributed by atoms with Crippen LogP contribution in [0.1, 0.15) is 24.4 Å². The molecule has 0 radical (unpaired) electrons. The van der Waals surface area contributed by atoms with E-state index < -0.39 is 0 Å².